The van der Waals surface area contributed by atoms with Crippen LogP contribution < -0.4 is 0 Å². The van der Waals surface area contributed by atoms with Gasteiger partial charge in [-0.1, -0.05) is 121 Å². The number of para-hydroxylation sites is 1. The number of nitrogens with zero attached hydrogens (tertiary/aromatic N) is 2. The van der Waals surface area contributed by atoms with Gasteiger partial charge < -0.3 is 0 Å². The number of aromatic nitrogens is 2. The zero-order chi connectivity index (χ0) is 24.1. The van der Waals surface area contributed by atoms with Gasteiger partial charge in [-0.05, 0) is 46.0 Å². The summed E-state index contributed by atoms with van der Waals surface area (Å²) in [5.74, 6) is 0.750. The molecule has 0 radical (unpaired) electrons. The van der Waals surface area contributed by atoms with Crippen molar-refractivity contribution in [2.24, 2.45) is 0 Å². The summed E-state index contributed by atoms with van der Waals surface area (Å²) in [5.41, 5.74) is 7.96. The van der Waals surface area contributed by atoms with Crippen LogP contribution >= 0.6 is 11.6 Å². The smallest absolute Gasteiger partial charge is 0.149 e. The van der Waals surface area contributed by atoms with Gasteiger partial charge in [-0.15, -0.1) is 0 Å². The monoisotopic (exact) mass is 480 g/mol. The molecule has 0 N–H and O–H groups in total. The molecule has 0 saturated carbocycles. The quantitative estimate of drug-likeness (QED) is 0.254. The van der Waals surface area contributed by atoms with Crippen LogP contribution in [0.15, 0.2) is 127 Å². The van der Waals surface area contributed by atoms with Crippen LogP contribution in [0.3, 0.4) is 0 Å². The highest BCUT2D eigenvalue weighted by Crippen LogP contribution is 2.56. The molecule has 7 rings (SSSR count). The van der Waals surface area contributed by atoms with Crippen LogP contribution in [0, 0.1) is 0 Å². The maximum absolute atomic E-state index is 6.65. The van der Waals surface area contributed by atoms with E-state index in [1.54, 1.807) is 0 Å². The van der Waals surface area contributed by atoms with Gasteiger partial charge in [0.2, 0.25) is 0 Å². The number of halogens is 1. The number of hydrogen-bond acceptors (Lipinski definition) is 2. The fourth-order valence-corrected chi connectivity index (χ4v) is 5.85. The van der Waals surface area contributed by atoms with Crippen molar-refractivity contribution < 1.29 is 0 Å². The number of hydrogen-bond donors (Lipinski definition) is 0. The molecule has 5 aromatic carbocycles. The lowest BCUT2D eigenvalue weighted by Gasteiger charge is -2.32. The fraction of sp³-hybridized carbons (Fsp3) is 0.0303. The van der Waals surface area contributed by atoms with E-state index < -0.39 is 5.41 Å². The van der Waals surface area contributed by atoms with Gasteiger partial charge in [-0.3, -0.25) is 0 Å². The molecule has 0 saturated heterocycles. The van der Waals surface area contributed by atoms with Crippen molar-refractivity contribution >= 4 is 22.5 Å². The van der Waals surface area contributed by atoms with E-state index in [1.165, 1.54) is 11.1 Å². The van der Waals surface area contributed by atoms with Crippen LogP contribution in [0.4, 0.5) is 0 Å². The highest BCUT2D eigenvalue weighted by atomic mass is 35.5. The minimum absolute atomic E-state index is 0.700. The molecular formula is C33H21ClN2. The van der Waals surface area contributed by atoms with E-state index in [1.807, 2.05) is 30.3 Å². The third-order valence-electron chi connectivity index (χ3n) is 7.20. The molecule has 1 aliphatic carbocycles. The summed E-state index contributed by atoms with van der Waals surface area (Å²) in [4.78, 5) is 10.6. The van der Waals surface area contributed by atoms with Gasteiger partial charge in [0.15, 0.2) is 0 Å². The second-order valence-corrected chi connectivity index (χ2v) is 9.57. The van der Waals surface area contributed by atoms with Crippen molar-refractivity contribution in [2.45, 2.75) is 5.41 Å². The first-order valence-electron chi connectivity index (χ1n) is 12.0. The third-order valence-corrected chi connectivity index (χ3v) is 7.43. The SMILES string of the molecule is Clc1ccc2c(c1)C(c1ccccc1)(c1nc(-c3ccccc3)c3ccccc3n1)c1ccccc1-2. The second kappa shape index (κ2) is 8.15. The Morgan fingerprint density at radius 1 is 0.556 bits per heavy atom. The topological polar surface area (TPSA) is 25.8 Å². The maximum Gasteiger partial charge on any atom is 0.149 e. The predicted octanol–water partition coefficient (Wildman–Crippen LogP) is 8.31. The molecule has 0 spiro atoms. The first-order chi connectivity index (χ1) is 17.8. The van der Waals surface area contributed by atoms with E-state index in [0.29, 0.717) is 5.02 Å². The van der Waals surface area contributed by atoms with Crippen molar-refractivity contribution in [3.63, 3.8) is 0 Å². The largest absolute Gasteiger partial charge is 0.231 e. The number of fused-ring (bicyclic) bond motifs is 4. The number of rotatable bonds is 3. The summed E-state index contributed by atoms with van der Waals surface area (Å²) in [6, 6.07) is 44.0. The van der Waals surface area contributed by atoms with Crippen molar-refractivity contribution in [3.8, 4) is 22.4 Å². The Morgan fingerprint density at radius 3 is 2.06 bits per heavy atom. The summed E-state index contributed by atoms with van der Waals surface area (Å²) in [5, 5.41) is 1.74. The van der Waals surface area contributed by atoms with Crippen molar-refractivity contribution in [2.75, 3.05) is 0 Å². The Balaban J connectivity index is 1.67. The van der Waals surface area contributed by atoms with Gasteiger partial charge in [0, 0.05) is 16.0 Å². The lowest BCUT2D eigenvalue weighted by Crippen LogP contribution is -2.31. The van der Waals surface area contributed by atoms with Gasteiger partial charge in [-0.2, -0.15) is 0 Å². The predicted molar refractivity (Wildman–Crippen MR) is 147 cm³/mol. The van der Waals surface area contributed by atoms with Crippen molar-refractivity contribution in [3.05, 3.63) is 155 Å². The summed E-state index contributed by atoms with van der Waals surface area (Å²) in [7, 11) is 0. The lowest BCUT2D eigenvalue weighted by molar-refractivity contribution is 0.704. The van der Waals surface area contributed by atoms with E-state index in [0.717, 1.165) is 44.7 Å². The van der Waals surface area contributed by atoms with Crippen LogP contribution in [-0.2, 0) is 5.41 Å². The van der Waals surface area contributed by atoms with E-state index in [-0.39, 0.29) is 0 Å². The Kier molecular flexibility index (Phi) is 4.77. The molecule has 1 aromatic heterocycles. The average Bonchev–Trinajstić information content (AvgIpc) is 3.23. The Bertz CT molecular complexity index is 1750. The lowest BCUT2D eigenvalue weighted by atomic mass is 9.71. The Labute approximate surface area is 214 Å². The summed E-state index contributed by atoms with van der Waals surface area (Å²) in [6.45, 7) is 0. The first-order valence-corrected chi connectivity index (χ1v) is 12.4. The molecule has 6 aromatic rings. The van der Waals surface area contributed by atoms with E-state index in [9.17, 15) is 0 Å². The van der Waals surface area contributed by atoms with E-state index in [2.05, 4.69) is 97.1 Å². The van der Waals surface area contributed by atoms with Crippen LogP contribution in [0.2, 0.25) is 5.02 Å². The zero-order valence-electron chi connectivity index (χ0n) is 19.4. The van der Waals surface area contributed by atoms with Gasteiger partial charge in [0.05, 0.1) is 11.2 Å². The van der Waals surface area contributed by atoms with Crippen LogP contribution in [-0.4, -0.2) is 9.97 Å². The van der Waals surface area contributed by atoms with E-state index in [4.69, 9.17) is 21.6 Å². The summed E-state index contributed by atoms with van der Waals surface area (Å²) in [6.07, 6.45) is 0. The highest BCUT2D eigenvalue weighted by molar-refractivity contribution is 6.30. The van der Waals surface area contributed by atoms with Crippen LogP contribution in [0.1, 0.15) is 22.5 Å². The van der Waals surface area contributed by atoms with Crippen molar-refractivity contribution in [1.29, 1.82) is 0 Å². The molecule has 170 valence electrons. The molecule has 0 aliphatic heterocycles. The fourth-order valence-electron chi connectivity index (χ4n) is 5.68. The van der Waals surface area contributed by atoms with Gasteiger partial charge >= 0.3 is 0 Å². The molecule has 0 bridgehead atoms. The molecule has 0 amide bonds. The number of benzene rings is 5. The van der Waals surface area contributed by atoms with E-state index >= 15 is 0 Å². The second-order valence-electron chi connectivity index (χ2n) is 9.13. The van der Waals surface area contributed by atoms with Gasteiger partial charge in [0.1, 0.15) is 11.2 Å². The Morgan fingerprint density at radius 2 is 1.22 bits per heavy atom. The maximum atomic E-state index is 6.65. The van der Waals surface area contributed by atoms with Crippen molar-refractivity contribution in [1.82, 2.24) is 9.97 Å². The Hall–Kier alpha value is -4.27. The zero-order valence-corrected chi connectivity index (χ0v) is 20.2. The molecule has 3 heteroatoms. The standard InChI is InChI=1S/C33H21ClN2/c34-24-19-20-26-25-15-7-9-17-28(25)33(29(26)21-24,23-13-5-2-6-14-23)32-35-30-18-10-8-16-27(30)31(36-32)22-11-3-1-4-12-22/h1-21H. The summed E-state index contributed by atoms with van der Waals surface area (Å²) >= 11 is 6.65. The van der Waals surface area contributed by atoms with Gasteiger partial charge in [0.25, 0.3) is 0 Å². The summed E-state index contributed by atoms with van der Waals surface area (Å²) < 4.78 is 0. The molecule has 36 heavy (non-hydrogen) atoms. The average molecular weight is 481 g/mol. The third kappa shape index (κ3) is 2.98. The molecule has 1 atom stereocenters. The van der Waals surface area contributed by atoms with Crippen LogP contribution in [0.5, 0.6) is 0 Å². The molecule has 1 unspecified atom stereocenters. The molecule has 1 heterocycles. The molecular weight excluding hydrogens is 460 g/mol. The molecule has 1 aliphatic rings. The molecule has 2 nitrogen and oxygen atoms in total. The van der Waals surface area contributed by atoms with Gasteiger partial charge in [-0.25, -0.2) is 9.97 Å². The van der Waals surface area contributed by atoms with Crippen LogP contribution in [0.25, 0.3) is 33.3 Å². The first kappa shape index (κ1) is 21.0. The highest BCUT2D eigenvalue weighted by Gasteiger charge is 2.48. The minimum Gasteiger partial charge on any atom is -0.231 e. The minimum atomic E-state index is -0.703. The molecule has 0 fully saturated rings. The normalized spacial score (nSPS) is 16.0.